The van der Waals surface area contributed by atoms with E-state index in [-0.39, 0.29) is 33.0 Å². The van der Waals surface area contributed by atoms with Gasteiger partial charge in [0.05, 0.1) is 26.8 Å². The van der Waals surface area contributed by atoms with Crippen LogP contribution in [0.4, 0.5) is 13.2 Å². The van der Waals surface area contributed by atoms with E-state index in [9.17, 15) is 13.2 Å². The molecule has 0 radical (unpaired) electrons. The van der Waals surface area contributed by atoms with Crippen molar-refractivity contribution in [1.29, 1.82) is 0 Å². The van der Waals surface area contributed by atoms with Crippen molar-refractivity contribution in [1.82, 2.24) is 14.8 Å². The summed E-state index contributed by atoms with van der Waals surface area (Å²) in [6.07, 6.45) is -2.76. The number of halogens is 5. The summed E-state index contributed by atoms with van der Waals surface area (Å²) in [6, 6.07) is 12.0. The van der Waals surface area contributed by atoms with E-state index >= 15 is 0 Å². The van der Waals surface area contributed by atoms with Gasteiger partial charge in [0, 0.05) is 11.1 Å². The van der Waals surface area contributed by atoms with Crippen molar-refractivity contribution in [3.8, 4) is 16.9 Å². The van der Waals surface area contributed by atoms with E-state index in [1.807, 2.05) is 0 Å². The van der Waals surface area contributed by atoms with Crippen LogP contribution in [0.25, 0.3) is 28.0 Å². The molecule has 0 spiro atoms. The van der Waals surface area contributed by atoms with Crippen LogP contribution in [0.1, 0.15) is 17.7 Å². The summed E-state index contributed by atoms with van der Waals surface area (Å²) in [5, 5.41) is 5.08. The van der Waals surface area contributed by atoms with Crippen molar-refractivity contribution in [2.45, 2.75) is 13.3 Å². The molecule has 0 N–H and O–H groups in total. The van der Waals surface area contributed by atoms with E-state index < -0.39 is 12.2 Å². The molecule has 2 aromatic heterocycles. The van der Waals surface area contributed by atoms with Crippen LogP contribution >= 0.6 is 23.2 Å². The molecule has 0 saturated carbocycles. The number of nitrogens with zero attached hydrogens (tertiary/aromatic N) is 3. The number of rotatable bonds is 3. The molecule has 2 aromatic carbocycles. The minimum absolute atomic E-state index is 0.125. The lowest BCUT2D eigenvalue weighted by atomic mass is 10.1. The van der Waals surface area contributed by atoms with Gasteiger partial charge in [-0.05, 0) is 37.3 Å². The lowest BCUT2D eigenvalue weighted by Gasteiger charge is -2.10. The monoisotopic (exact) mass is 421 g/mol. The fourth-order valence-corrected chi connectivity index (χ4v) is 3.39. The van der Waals surface area contributed by atoms with Gasteiger partial charge in [0.25, 0.3) is 6.43 Å². The summed E-state index contributed by atoms with van der Waals surface area (Å²) in [5.74, 6) is -0.535. The molecule has 0 bridgehead atoms. The van der Waals surface area contributed by atoms with Gasteiger partial charge in [-0.3, -0.25) is 0 Å². The van der Waals surface area contributed by atoms with Crippen LogP contribution in [0.3, 0.4) is 0 Å². The van der Waals surface area contributed by atoms with E-state index in [1.165, 1.54) is 28.9 Å². The molecule has 4 aromatic rings. The Labute approximate surface area is 168 Å². The molecule has 2 heterocycles. The first-order chi connectivity index (χ1) is 13.4. The normalized spacial score (nSPS) is 11.5. The Hall–Kier alpha value is -2.57. The van der Waals surface area contributed by atoms with E-state index in [0.29, 0.717) is 16.3 Å². The number of hydrogen-bond donors (Lipinski definition) is 0. The molecule has 3 nitrogen and oxygen atoms in total. The number of hydrogen-bond acceptors (Lipinski definition) is 2. The Morgan fingerprint density at radius 3 is 2.43 bits per heavy atom. The van der Waals surface area contributed by atoms with Crippen molar-refractivity contribution >= 4 is 34.2 Å². The van der Waals surface area contributed by atoms with E-state index in [0.717, 1.165) is 0 Å². The highest BCUT2D eigenvalue weighted by Crippen LogP contribution is 2.35. The minimum atomic E-state index is -2.76. The molecule has 0 amide bonds. The van der Waals surface area contributed by atoms with Gasteiger partial charge < -0.3 is 0 Å². The fourth-order valence-electron chi connectivity index (χ4n) is 3.09. The Morgan fingerprint density at radius 1 is 1.00 bits per heavy atom. The third-order valence-corrected chi connectivity index (χ3v) is 5.11. The minimum Gasteiger partial charge on any atom is -0.228 e. The quantitative estimate of drug-likeness (QED) is 0.365. The van der Waals surface area contributed by atoms with Crippen LogP contribution in [0.2, 0.25) is 10.0 Å². The number of fused-ring (bicyclic) bond motifs is 1. The first-order valence-corrected chi connectivity index (χ1v) is 9.01. The molecule has 8 heteroatoms. The van der Waals surface area contributed by atoms with Gasteiger partial charge in [0.1, 0.15) is 11.5 Å². The number of benzene rings is 2. The Morgan fingerprint density at radius 2 is 1.75 bits per heavy atom. The second kappa shape index (κ2) is 7.11. The summed E-state index contributed by atoms with van der Waals surface area (Å²) in [6.45, 7) is 1.59. The number of pyridine rings is 1. The first-order valence-electron chi connectivity index (χ1n) is 8.25. The van der Waals surface area contributed by atoms with Crippen molar-refractivity contribution in [2.75, 3.05) is 0 Å². The van der Waals surface area contributed by atoms with Crippen LogP contribution in [-0.4, -0.2) is 14.8 Å². The smallest absolute Gasteiger partial charge is 0.228 e. The molecular formula is C20H12Cl2F3N3. The number of alkyl halides is 2. The zero-order valence-corrected chi connectivity index (χ0v) is 15.9. The predicted molar refractivity (Wildman–Crippen MR) is 104 cm³/mol. The summed E-state index contributed by atoms with van der Waals surface area (Å²) >= 11 is 12.0. The van der Waals surface area contributed by atoms with Gasteiger partial charge in [-0.1, -0.05) is 41.4 Å². The molecule has 142 valence electrons. The standard InChI is InChI=1S/C20H12Cl2F3N3/c1-10-18-12(19(24)25)9-16(11-6-7-13(21)14(22)8-11)26-20(18)28(27-10)17-5-3-2-4-15(17)23/h2-9,19H,1H3. The second-order valence-corrected chi connectivity index (χ2v) is 6.99. The summed E-state index contributed by atoms with van der Waals surface area (Å²) in [7, 11) is 0. The Balaban J connectivity index is 2.05. The zero-order chi connectivity index (χ0) is 20.0. The number of para-hydroxylation sites is 1. The van der Waals surface area contributed by atoms with E-state index in [2.05, 4.69) is 10.1 Å². The van der Waals surface area contributed by atoms with Gasteiger partial charge in [0.2, 0.25) is 0 Å². The zero-order valence-electron chi connectivity index (χ0n) is 14.4. The molecular weight excluding hydrogens is 410 g/mol. The average Bonchev–Trinajstić information content (AvgIpc) is 3.00. The first kappa shape index (κ1) is 18.8. The van der Waals surface area contributed by atoms with Gasteiger partial charge in [-0.25, -0.2) is 22.8 Å². The fraction of sp³-hybridized carbons (Fsp3) is 0.100. The molecule has 0 aliphatic carbocycles. The molecule has 0 unspecified atom stereocenters. The largest absolute Gasteiger partial charge is 0.264 e. The van der Waals surface area contributed by atoms with Crippen LogP contribution in [-0.2, 0) is 0 Å². The maximum atomic E-state index is 14.3. The number of aryl methyl sites for hydroxylation is 1. The van der Waals surface area contributed by atoms with Crippen molar-refractivity contribution < 1.29 is 13.2 Å². The van der Waals surface area contributed by atoms with Gasteiger partial charge in [0.15, 0.2) is 5.65 Å². The van der Waals surface area contributed by atoms with Crippen LogP contribution < -0.4 is 0 Å². The van der Waals surface area contributed by atoms with Crippen LogP contribution in [0.15, 0.2) is 48.5 Å². The second-order valence-electron chi connectivity index (χ2n) is 6.17. The van der Waals surface area contributed by atoms with Gasteiger partial charge in [-0.2, -0.15) is 5.10 Å². The third kappa shape index (κ3) is 3.12. The van der Waals surface area contributed by atoms with Gasteiger partial charge >= 0.3 is 0 Å². The molecule has 4 rings (SSSR count). The maximum Gasteiger partial charge on any atom is 0.264 e. The summed E-state index contributed by atoms with van der Waals surface area (Å²) in [5.41, 5.74) is 1.14. The van der Waals surface area contributed by atoms with Crippen molar-refractivity contribution in [3.05, 3.63) is 75.7 Å². The lowest BCUT2D eigenvalue weighted by molar-refractivity contribution is 0.153. The summed E-state index contributed by atoms with van der Waals surface area (Å²) in [4.78, 5) is 4.50. The molecule has 0 aliphatic rings. The maximum absolute atomic E-state index is 14.3. The topological polar surface area (TPSA) is 30.7 Å². The van der Waals surface area contributed by atoms with E-state index in [1.54, 1.807) is 31.2 Å². The Bertz CT molecular complexity index is 1200. The molecule has 0 saturated heterocycles. The molecule has 28 heavy (non-hydrogen) atoms. The Kier molecular flexibility index (Phi) is 4.77. The number of aromatic nitrogens is 3. The highest BCUT2D eigenvalue weighted by Gasteiger charge is 2.22. The van der Waals surface area contributed by atoms with Crippen LogP contribution in [0, 0.1) is 12.7 Å². The lowest BCUT2D eigenvalue weighted by Crippen LogP contribution is -2.02. The molecule has 0 aliphatic heterocycles. The highest BCUT2D eigenvalue weighted by atomic mass is 35.5. The molecule has 0 fully saturated rings. The van der Waals surface area contributed by atoms with Crippen molar-refractivity contribution in [3.63, 3.8) is 0 Å². The average molecular weight is 422 g/mol. The van der Waals surface area contributed by atoms with Crippen molar-refractivity contribution in [2.24, 2.45) is 0 Å². The SMILES string of the molecule is Cc1nn(-c2ccccc2F)c2nc(-c3ccc(Cl)c(Cl)c3)cc(C(F)F)c12. The van der Waals surface area contributed by atoms with E-state index in [4.69, 9.17) is 23.2 Å². The highest BCUT2D eigenvalue weighted by molar-refractivity contribution is 6.42. The molecule has 0 atom stereocenters. The third-order valence-electron chi connectivity index (χ3n) is 4.37. The van der Waals surface area contributed by atoms with Crippen LogP contribution in [0.5, 0.6) is 0 Å². The predicted octanol–water partition coefficient (Wildman–Crippen LogP) is 6.78. The van der Waals surface area contributed by atoms with Gasteiger partial charge in [-0.15, -0.1) is 0 Å². The summed E-state index contributed by atoms with van der Waals surface area (Å²) < 4.78 is 43.2.